The van der Waals surface area contributed by atoms with E-state index in [9.17, 15) is 9.59 Å². The topological polar surface area (TPSA) is 61.4 Å². The molecule has 0 bridgehead atoms. The first-order chi connectivity index (χ1) is 9.77. The molecule has 0 aliphatic carbocycles. The molecule has 0 saturated carbocycles. The molecule has 2 rings (SSSR count). The van der Waals surface area contributed by atoms with Crippen molar-refractivity contribution in [2.45, 2.75) is 38.8 Å². The molecular weight excluding hydrogens is 290 g/mol. The van der Waals surface area contributed by atoms with E-state index in [-0.39, 0.29) is 23.5 Å². The predicted molar refractivity (Wildman–Crippen MR) is 83.5 cm³/mol. The molecule has 1 aromatic carbocycles. The van der Waals surface area contributed by atoms with Gasteiger partial charge in [-0.3, -0.25) is 4.79 Å². The Kier molecular flexibility index (Phi) is 4.42. The molecule has 1 heterocycles. The average molecular weight is 310 g/mol. The Morgan fingerprint density at radius 2 is 2.00 bits per heavy atom. The maximum absolute atomic E-state index is 12.0. The molecule has 1 aliphatic heterocycles. The van der Waals surface area contributed by atoms with Crippen LogP contribution >= 0.6 is 11.6 Å². The van der Waals surface area contributed by atoms with Crippen LogP contribution in [0.4, 0.5) is 10.5 Å². The number of amides is 3. The van der Waals surface area contributed by atoms with E-state index in [2.05, 4.69) is 10.6 Å². The molecule has 21 heavy (non-hydrogen) atoms. The van der Waals surface area contributed by atoms with E-state index in [1.807, 2.05) is 20.8 Å². The van der Waals surface area contributed by atoms with Crippen LogP contribution in [-0.2, 0) is 4.79 Å². The number of anilines is 1. The molecule has 3 amide bonds. The summed E-state index contributed by atoms with van der Waals surface area (Å²) < 4.78 is 0. The van der Waals surface area contributed by atoms with Gasteiger partial charge in [-0.1, -0.05) is 23.7 Å². The van der Waals surface area contributed by atoms with Gasteiger partial charge >= 0.3 is 6.03 Å². The van der Waals surface area contributed by atoms with Gasteiger partial charge in [0, 0.05) is 18.5 Å². The van der Waals surface area contributed by atoms with Crippen molar-refractivity contribution in [2.24, 2.45) is 0 Å². The maximum atomic E-state index is 12.0. The van der Waals surface area contributed by atoms with E-state index >= 15 is 0 Å². The predicted octanol–water partition coefficient (Wildman–Crippen LogP) is 2.86. The summed E-state index contributed by atoms with van der Waals surface area (Å²) in [6, 6.07) is 6.49. The van der Waals surface area contributed by atoms with Crippen molar-refractivity contribution in [3.05, 3.63) is 29.3 Å². The van der Waals surface area contributed by atoms with E-state index in [0.717, 1.165) is 0 Å². The minimum absolute atomic E-state index is 0.0607. The van der Waals surface area contributed by atoms with Gasteiger partial charge < -0.3 is 15.5 Å². The molecule has 5 nitrogen and oxygen atoms in total. The zero-order chi connectivity index (χ0) is 15.6. The quantitative estimate of drug-likeness (QED) is 0.882. The molecule has 1 unspecified atom stereocenters. The van der Waals surface area contributed by atoms with E-state index < -0.39 is 0 Å². The molecule has 2 N–H and O–H groups in total. The van der Waals surface area contributed by atoms with Crippen LogP contribution in [0.2, 0.25) is 5.02 Å². The van der Waals surface area contributed by atoms with Gasteiger partial charge in [-0.25, -0.2) is 4.79 Å². The van der Waals surface area contributed by atoms with Crippen LogP contribution in [0.15, 0.2) is 24.3 Å². The number of likely N-dealkylation sites (tertiary alicyclic amines) is 1. The second kappa shape index (κ2) is 5.93. The van der Waals surface area contributed by atoms with Gasteiger partial charge in [-0.15, -0.1) is 0 Å². The smallest absolute Gasteiger partial charge is 0.319 e. The first-order valence-corrected chi connectivity index (χ1v) is 7.27. The number of para-hydroxylation sites is 1. The monoisotopic (exact) mass is 309 g/mol. The highest BCUT2D eigenvalue weighted by molar-refractivity contribution is 6.33. The number of carbonyl (C=O) groups excluding carboxylic acids is 2. The van der Waals surface area contributed by atoms with Crippen LogP contribution in [0.3, 0.4) is 0 Å². The van der Waals surface area contributed by atoms with Crippen LogP contribution in [0.5, 0.6) is 0 Å². The average Bonchev–Trinajstić information content (AvgIpc) is 2.73. The third kappa shape index (κ3) is 3.88. The van der Waals surface area contributed by atoms with Crippen LogP contribution in [0, 0.1) is 0 Å². The summed E-state index contributed by atoms with van der Waals surface area (Å²) >= 11 is 5.99. The van der Waals surface area contributed by atoms with Crippen LogP contribution in [-0.4, -0.2) is 35.0 Å². The van der Waals surface area contributed by atoms with Gasteiger partial charge in [0.05, 0.1) is 16.8 Å². The second-order valence-electron chi connectivity index (χ2n) is 6.15. The van der Waals surface area contributed by atoms with Crippen molar-refractivity contribution >= 4 is 29.2 Å². The van der Waals surface area contributed by atoms with Crippen LogP contribution in [0.1, 0.15) is 27.2 Å². The first kappa shape index (κ1) is 15.6. The lowest BCUT2D eigenvalue weighted by Crippen LogP contribution is -2.45. The number of benzene rings is 1. The first-order valence-electron chi connectivity index (χ1n) is 6.90. The van der Waals surface area contributed by atoms with Gasteiger partial charge in [0.1, 0.15) is 0 Å². The van der Waals surface area contributed by atoms with Crippen molar-refractivity contribution in [3.8, 4) is 0 Å². The highest BCUT2D eigenvalue weighted by Gasteiger charge is 2.36. The van der Waals surface area contributed by atoms with Gasteiger partial charge in [0.2, 0.25) is 5.91 Å². The number of hydrogen-bond donors (Lipinski definition) is 2. The van der Waals surface area contributed by atoms with Crippen molar-refractivity contribution in [1.29, 1.82) is 0 Å². The fourth-order valence-electron chi connectivity index (χ4n) is 2.36. The number of nitrogens with zero attached hydrogens (tertiary/aromatic N) is 1. The lowest BCUT2D eigenvalue weighted by molar-refractivity contribution is -0.131. The molecule has 0 spiro atoms. The normalized spacial score (nSPS) is 18.8. The lowest BCUT2D eigenvalue weighted by atomic mass is 10.1. The highest BCUT2D eigenvalue weighted by atomic mass is 35.5. The van der Waals surface area contributed by atoms with Gasteiger partial charge in [-0.2, -0.15) is 0 Å². The molecule has 1 fully saturated rings. The molecule has 1 saturated heterocycles. The number of carbonyl (C=O) groups is 2. The van der Waals surface area contributed by atoms with Crippen LogP contribution in [0.25, 0.3) is 0 Å². The van der Waals surface area contributed by atoms with Crippen LogP contribution < -0.4 is 10.6 Å². The lowest BCUT2D eigenvalue weighted by Gasteiger charge is -2.32. The Labute approximate surface area is 129 Å². The second-order valence-corrected chi connectivity index (χ2v) is 6.56. The molecule has 1 aliphatic rings. The summed E-state index contributed by atoms with van der Waals surface area (Å²) in [6.07, 6.45) is 0.327. The van der Waals surface area contributed by atoms with Gasteiger partial charge in [0.25, 0.3) is 0 Å². The SMILES string of the molecule is CC(C)(C)N1CC(NC(=O)Nc2ccccc2Cl)CC1=O. The number of nitrogens with one attached hydrogen (secondary N) is 2. The van der Waals surface area contributed by atoms with E-state index in [1.165, 1.54) is 0 Å². The Hall–Kier alpha value is -1.75. The number of urea groups is 1. The largest absolute Gasteiger partial charge is 0.336 e. The van der Waals surface area contributed by atoms with Crippen molar-refractivity contribution in [1.82, 2.24) is 10.2 Å². The highest BCUT2D eigenvalue weighted by Crippen LogP contribution is 2.23. The fraction of sp³-hybridized carbons (Fsp3) is 0.467. The number of rotatable bonds is 2. The fourth-order valence-corrected chi connectivity index (χ4v) is 2.54. The molecule has 0 aromatic heterocycles. The molecule has 114 valence electrons. The zero-order valence-corrected chi connectivity index (χ0v) is 13.2. The third-order valence-electron chi connectivity index (χ3n) is 3.39. The summed E-state index contributed by atoms with van der Waals surface area (Å²) in [5.74, 6) is 0.0607. The summed E-state index contributed by atoms with van der Waals surface area (Å²) in [5.41, 5.74) is 0.320. The van der Waals surface area contributed by atoms with Gasteiger partial charge in [0.15, 0.2) is 0 Å². The molecule has 6 heteroatoms. The van der Waals surface area contributed by atoms with E-state index in [0.29, 0.717) is 23.7 Å². The molecule has 1 atom stereocenters. The Bertz CT molecular complexity index is 554. The van der Waals surface area contributed by atoms with E-state index in [4.69, 9.17) is 11.6 Å². The Morgan fingerprint density at radius 1 is 1.33 bits per heavy atom. The Balaban J connectivity index is 1.93. The summed E-state index contributed by atoms with van der Waals surface area (Å²) in [5, 5.41) is 5.99. The molecule has 1 aromatic rings. The zero-order valence-electron chi connectivity index (χ0n) is 12.4. The summed E-state index contributed by atoms with van der Waals surface area (Å²) in [7, 11) is 0. The molecular formula is C15H20ClN3O2. The Morgan fingerprint density at radius 3 is 2.57 bits per heavy atom. The number of hydrogen-bond acceptors (Lipinski definition) is 2. The van der Waals surface area contributed by atoms with Crippen molar-refractivity contribution in [2.75, 3.05) is 11.9 Å². The van der Waals surface area contributed by atoms with Crippen molar-refractivity contribution in [3.63, 3.8) is 0 Å². The minimum atomic E-state index is -0.350. The number of halogens is 1. The minimum Gasteiger partial charge on any atom is -0.336 e. The standard InChI is InChI=1S/C15H20ClN3O2/c1-15(2,3)19-9-10(8-13(19)20)17-14(21)18-12-7-5-4-6-11(12)16/h4-7,10H,8-9H2,1-3H3,(H2,17,18,21). The maximum Gasteiger partial charge on any atom is 0.319 e. The third-order valence-corrected chi connectivity index (χ3v) is 3.72. The van der Waals surface area contributed by atoms with Crippen molar-refractivity contribution < 1.29 is 9.59 Å². The summed E-state index contributed by atoms with van der Waals surface area (Å²) in [4.78, 5) is 25.7. The van der Waals surface area contributed by atoms with Gasteiger partial charge in [-0.05, 0) is 32.9 Å². The molecule has 0 radical (unpaired) electrons. The van der Waals surface area contributed by atoms with E-state index in [1.54, 1.807) is 29.2 Å². The summed E-state index contributed by atoms with van der Waals surface area (Å²) in [6.45, 7) is 6.48.